The fraction of sp³-hybridized carbons (Fsp3) is 0.500. The fourth-order valence-electron chi connectivity index (χ4n) is 14.1. The summed E-state index contributed by atoms with van der Waals surface area (Å²) in [6.07, 6.45) is 6.58. The summed E-state index contributed by atoms with van der Waals surface area (Å²) in [5.41, 5.74) is 3.13. The number of alkyl halides is 3. The maximum Gasteiger partial charge on any atom is 0.501 e. The maximum absolute atomic E-state index is 14.6. The molecular formula is C76H98ClF3N10O8S4. The lowest BCUT2D eigenvalue weighted by atomic mass is 9.73. The lowest BCUT2D eigenvalue weighted by molar-refractivity contribution is -0.142. The van der Waals surface area contributed by atoms with Crippen LogP contribution >= 0.6 is 34.7 Å². The van der Waals surface area contributed by atoms with Crippen molar-refractivity contribution in [2.75, 3.05) is 101 Å². The number of anilines is 2. The number of aromatic nitrogens is 1. The molecule has 18 nitrogen and oxygen atoms in total. The molecule has 3 amide bonds. The summed E-state index contributed by atoms with van der Waals surface area (Å²) in [6, 6.07) is 32.1. The van der Waals surface area contributed by atoms with E-state index in [4.69, 9.17) is 11.6 Å². The quantitative estimate of drug-likeness (QED) is 0.0218. The molecular weight excluding hydrogens is 1400 g/mol. The molecule has 0 unspecified atom stereocenters. The summed E-state index contributed by atoms with van der Waals surface area (Å²) in [4.78, 5) is 56.9. The molecule has 0 radical (unpaired) electrons. The van der Waals surface area contributed by atoms with Crippen molar-refractivity contribution in [3.05, 3.63) is 160 Å². The highest BCUT2D eigenvalue weighted by atomic mass is 35.5. The number of halogens is 4. The van der Waals surface area contributed by atoms with E-state index in [0.717, 1.165) is 155 Å². The highest BCUT2D eigenvalue weighted by Crippen LogP contribution is 2.44. The Kier molecular flexibility index (Phi) is 26.3. The molecule has 0 saturated carbocycles. The number of thioether (sulfide) groups is 1. The van der Waals surface area contributed by atoms with Crippen LogP contribution in [-0.2, 0) is 29.4 Å². The smallest absolute Gasteiger partial charge is 0.391 e. The van der Waals surface area contributed by atoms with Crippen LogP contribution in [0.1, 0.15) is 133 Å². The number of piperazine rings is 2. The van der Waals surface area contributed by atoms with Crippen LogP contribution in [0.4, 0.5) is 24.5 Å². The number of benzene rings is 5. The number of hydrogen-bond acceptors (Lipinski definition) is 17. The van der Waals surface area contributed by atoms with Gasteiger partial charge in [0.1, 0.15) is 10.9 Å². The molecule has 4 heterocycles. The van der Waals surface area contributed by atoms with E-state index in [1.165, 1.54) is 45.5 Å². The van der Waals surface area contributed by atoms with Gasteiger partial charge < -0.3 is 40.7 Å². The number of rotatable bonds is 29. The zero-order valence-corrected chi connectivity index (χ0v) is 63.4. The van der Waals surface area contributed by atoms with Crippen molar-refractivity contribution in [1.29, 1.82) is 0 Å². The van der Waals surface area contributed by atoms with Gasteiger partial charge in [0.05, 0.1) is 44.9 Å². The van der Waals surface area contributed by atoms with Crippen molar-refractivity contribution >= 4 is 89.2 Å². The Balaban J connectivity index is 0.686. The van der Waals surface area contributed by atoms with Gasteiger partial charge in [0.2, 0.25) is 11.8 Å². The van der Waals surface area contributed by atoms with E-state index >= 15 is 0 Å². The third-order valence-corrected chi connectivity index (χ3v) is 25.3. The Morgan fingerprint density at radius 1 is 0.794 bits per heavy atom. The first kappa shape index (κ1) is 78.2. The summed E-state index contributed by atoms with van der Waals surface area (Å²) >= 11 is 9.26. The summed E-state index contributed by atoms with van der Waals surface area (Å²) < 4.78 is 100. The van der Waals surface area contributed by atoms with Crippen LogP contribution in [0.15, 0.2) is 147 Å². The van der Waals surface area contributed by atoms with Crippen LogP contribution in [0.25, 0.3) is 16.0 Å². The molecule has 5 N–H and O–H groups in total. The Hall–Kier alpha value is -6.39. The number of likely N-dealkylation sites (tertiary alicyclic amines) is 1. The zero-order valence-electron chi connectivity index (χ0n) is 59.4. The standard InChI is InChI=1S/C76H98ClF3N10O8S4/c1-52(54-17-19-56(20-18-54)69-53(2)82-51-100-69)83-72(93)67-45-62(91)49-90(67)73(94)70(74(3,4)5)81-34-13-8-9-14-35-86-37-39-87(40-38-86)36-32-60(50-99-63-15-11-10-12-16-63)84-66-30-29-64(46-68(66)101(95,96)76(78,79)80)102(97,98)85-71(92)57-23-27-61(28-24-57)89-43-41-88(42-44-89)48-58-47-75(6,7)33-31-65(58)55-21-25-59(77)26-22-55/h10-12,15-30,46,51-52,60,62,67,70,81,84,91H,8-9,13-14,31-45,47-50H2,1-7H3,(H,83,93)(H,85,92)/t52-,60+,62+,67-,70+/m0/s1. The third kappa shape index (κ3) is 20.6. The number of aryl methyl sites for hydroxylation is 1. The highest BCUT2D eigenvalue weighted by Gasteiger charge is 2.49. The second-order valence-electron chi connectivity index (χ2n) is 29.4. The molecule has 102 heavy (non-hydrogen) atoms. The minimum atomic E-state index is -6.13. The van der Waals surface area contributed by atoms with Crippen molar-refractivity contribution < 1.29 is 49.5 Å². The number of thiazole rings is 1. The van der Waals surface area contributed by atoms with E-state index in [0.29, 0.717) is 36.4 Å². The molecule has 6 aromatic rings. The van der Waals surface area contributed by atoms with Gasteiger partial charge in [0.25, 0.3) is 25.8 Å². The first-order valence-electron chi connectivity index (χ1n) is 35.4. The molecule has 0 spiro atoms. The monoisotopic (exact) mass is 1500 g/mol. The first-order valence-corrected chi connectivity index (χ1v) is 40.6. The zero-order chi connectivity index (χ0) is 73.2. The van der Waals surface area contributed by atoms with Gasteiger partial charge in [-0.25, -0.2) is 26.5 Å². The number of sulfonamides is 1. The third-order valence-electron chi connectivity index (χ3n) is 20.0. The maximum atomic E-state index is 14.6. The van der Waals surface area contributed by atoms with E-state index in [1.807, 2.05) is 112 Å². The first-order chi connectivity index (χ1) is 48.4. The number of aliphatic hydroxyl groups excluding tert-OH is 1. The molecule has 3 aliphatic heterocycles. The van der Waals surface area contributed by atoms with Crippen LogP contribution in [0.5, 0.6) is 0 Å². The molecule has 3 saturated heterocycles. The van der Waals surface area contributed by atoms with Crippen molar-refractivity contribution in [1.82, 2.24) is 39.9 Å². The number of allylic oxidation sites excluding steroid dienone is 1. The van der Waals surface area contributed by atoms with Crippen LogP contribution in [0, 0.1) is 17.8 Å². The number of β-amino-alcohol motifs (C(OH)–C–C–N with tert-alkyl or cyclic N) is 1. The van der Waals surface area contributed by atoms with E-state index in [1.54, 1.807) is 23.5 Å². The van der Waals surface area contributed by atoms with Crippen LogP contribution < -0.4 is 25.6 Å². The topological polar surface area (TPSA) is 217 Å². The van der Waals surface area contributed by atoms with Gasteiger partial charge in [-0.2, -0.15) is 13.2 Å². The SMILES string of the molecule is Cc1ncsc1-c1ccc([C@H](C)NC(=O)[C@@H]2C[C@@H](O)CN2C(=O)[C@@H](NCCCCCCN2CCN(CC[C@H](CSc3ccccc3)Nc3ccc(S(=O)(=O)NC(=O)c4ccc(N5CCN(CC6=C(c7ccc(Cl)cc7)CCC(C)(C)C6)CC5)cc4)cc3S(=O)(=O)C(F)(F)F)CC2)C(C)(C)C)cc1. The number of aliphatic hydroxyl groups is 1. The minimum Gasteiger partial charge on any atom is -0.391 e. The van der Waals surface area contributed by atoms with Gasteiger partial charge in [-0.1, -0.05) is 119 Å². The average molecular weight is 1500 g/mol. The molecule has 4 aliphatic rings. The van der Waals surface area contributed by atoms with Crippen molar-refractivity contribution in [3.63, 3.8) is 0 Å². The van der Waals surface area contributed by atoms with Crippen molar-refractivity contribution in [2.24, 2.45) is 10.8 Å². The van der Waals surface area contributed by atoms with E-state index in [9.17, 15) is 49.5 Å². The average Bonchev–Trinajstić information content (AvgIpc) is 0.866. The fourth-order valence-corrected chi connectivity index (χ4v) is 18.0. The summed E-state index contributed by atoms with van der Waals surface area (Å²) in [6.45, 7) is 23.6. The summed E-state index contributed by atoms with van der Waals surface area (Å²) in [5.74, 6) is -1.21. The molecule has 5 aromatic carbocycles. The summed E-state index contributed by atoms with van der Waals surface area (Å²) in [7, 11) is -11.0. The molecule has 1 aromatic heterocycles. The Morgan fingerprint density at radius 3 is 2.09 bits per heavy atom. The second-order valence-corrected chi connectivity index (χ2v) is 35.4. The van der Waals surface area contributed by atoms with Gasteiger partial charge in [-0.05, 0) is 165 Å². The van der Waals surface area contributed by atoms with Crippen LogP contribution in [0.2, 0.25) is 5.02 Å². The number of nitrogens with one attached hydrogen (secondary N) is 4. The van der Waals surface area contributed by atoms with Crippen LogP contribution in [-0.4, -0.2) is 185 Å². The predicted molar refractivity (Wildman–Crippen MR) is 402 cm³/mol. The number of carbonyl (C=O) groups is 3. The molecule has 10 rings (SSSR count). The van der Waals surface area contributed by atoms with E-state index < -0.39 is 76.4 Å². The number of carbonyl (C=O) groups excluding carboxylic acids is 3. The van der Waals surface area contributed by atoms with Gasteiger partial charge in [-0.3, -0.25) is 19.3 Å². The Labute approximate surface area is 613 Å². The molecule has 26 heteroatoms. The number of nitrogens with zero attached hydrogens (tertiary/aromatic N) is 6. The molecule has 3 fully saturated rings. The molecule has 1 aliphatic carbocycles. The number of hydrogen-bond donors (Lipinski definition) is 5. The lowest BCUT2D eigenvalue weighted by Gasteiger charge is -2.39. The highest BCUT2D eigenvalue weighted by molar-refractivity contribution is 7.99. The van der Waals surface area contributed by atoms with Crippen molar-refractivity contribution in [2.45, 2.75) is 157 Å². The van der Waals surface area contributed by atoms with Gasteiger partial charge in [0.15, 0.2) is 0 Å². The number of sulfone groups is 1. The molecule has 5 atom stereocenters. The number of amides is 3. The van der Waals surface area contributed by atoms with Gasteiger partial charge >= 0.3 is 5.51 Å². The van der Waals surface area contributed by atoms with Gasteiger partial charge in [0, 0.05) is 111 Å². The largest absolute Gasteiger partial charge is 0.501 e. The van der Waals surface area contributed by atoms with Gasteiger partial charge in [-0.15, -0.1) is 23.1 Å². The van der Waals surface area contributed by atoms with Crippen LogP contribution in [0.3, 0.4) is 0 Å². The normalized spacial score (nSPS) is 19.2. The lowest BCUT2D eigenvalue weighted by Crippen LogP contribution is -2.56. The number of unbranched alkanes of at least 4 members (excludes halogenated alkanes) is 3. The summed E-state index contributed by atoms with van der Waals surface area (Å²) in [5, 5.41) is 21.2. The molecule has 552 valence electrons. The minimum absolute atomic E-state index is 0.0175. The van der Waals surface area contributed by atoms with Crippen molar-refractivity contribution in [3.8, 4) is 10.4 Å². The molecule has 0 bridgehead atoms. The van der Waals surface area contributed by atoms with E-state index in [2.05, 4.69) is 66.5 Å². The van der Waals surface area contributed by atoms with E-state index in [-0.39, 0.29) is 41.8 Å². The predicted octanol–water partition coefficient (Wildman–Crippen LogP) is 13.0. The second kappa shape index (κ2) is 34.2. The Morgan fingerprint density at radius 2 is 1.44 bits per heavy atom. The Bertz CT molecular complexity index is 4090.